The molecule has 1 heterocycles. The quantitative estimate of drug-likeness (QED) is 0.546. The third-order valence-corrected chi connectivity index (χ3v) is 4.33. The van der Waals surface area contributed by atoms with Crippen LogP contribution >= 0.6 is 11.3 Å². The highest BCUT2D eigenvalue weighted by atomic mass is 32.1. The van der Waals surface area contributed by atoms with Gasteiger partial charge in [-0.25, -0.2) is 22.9 Å². The standard InChI is InChI=1S/C17H11F3N2O3S/c1-2-25-16(24)8-3-6-11-12(7-8)26-17(21-11)22-15(23)9-4-5-10(18)14(20)13(9)19/h3-7H,2H2,1H3,(H,21,22,23). The number of anilines is 1. The van der Waals surface area contributed by atoms with Crippen molar-refractivity contribution in [2.45, 2.75) is 6.92 Å². The Hall–Kier alpha value is -2.94. The van der Waals surface area contributed by atoms with Crippen molar-refractivity contribution in [1.82, 2.24) is 4.98 Å². The minimum absolute atomic E-state index is 0.121. The molecule has 0 fully saturated rings. The smallest absolute Gasteiger partial charge is 0.338 e. The Labute approximate surface area is 149 Å². The summed E-state index contributed by atoms with van der Waals surface area (Å²) in [5, 5.41) is 2.45. The Kier molecular flexibility index (Phi) is 4.90. The number of halogens is 3. The van der Waals surface area contributed by atoms with Gasteiger partial charge >= 0.3 is 5.97 Å². The zero-order chi connectivity index (χ0) is 18.8. The van der Waals surface area contributed by atoms with Crippen LogP contribution in [0.25, 0.3) is 10.2 Å². The van der Waals surface area contributed by atoms with Crippen molar-refractivity contribution in [1.29, 1.82) is 0 Å². The summed E-state index contributed by atoms with van der Waals surface area (Å²) in [5.74, 6) is -6.14. The van der Waals surface area contributed by atoms with Crippen molar-refractivity contribution in [3.8, 4) is 0 Å². The fourth-order valence-electron chi connectivity index (χ4n) is 2.19. The molecular formula is C17H11F3N2O3S. The average molecular weight is 380 g/mol. The summed E-state index contributed by atoms with van der Waals surface area (Å²) in [6.45, 7) is 1.93. The number of thiazole rings is 1. The van der Waals surface area contributed by atoms with Crippen LogP contribution in [0.4, 0.5) is 18.3 Å². The minimum atomic E-state index is -1.72. The van der Waals surface area contributed by atoms with Crippen LogP contribution in [0, 0.1) is 17.5 Å². The van der Waals surface area contributed by atoms with Gasteiger partial charge in [0, 0.05) is 0 Å². The van der Waals surface area contributed by atoms with E-state index in [-0.39, 0.29) is 11.7 Å². The summed E-state index contributed by atoms with van der Waals surface area (Å²) in [7, 11) is 0. The van der Waals surface area contributed by atoms with Crippen LogP contribution in [-0.4, -0.2) is 23.5 Å². The summed E-state index contributed by atoms with van der Waals surface area (Å²) in [5.41, 5.74) is 0.187. The van der Waals surface area contributed by atoms with Gasteiger partial charge in [0.1, 0.15) is 0 Å². The number of esters is 1. The molecule has 1 aromatic heterocycles. The molecule has 3 rings (SSSR count). The molecule has 0 bridgehead atoms. The number of hydrogen-bond acceptors (Lipinski definition) is 5. The molecule has 134 valence electrons. The number of hydrogen-bond donors (Lipinski definition) is 1. The van der Waals surface area contributed by atoms with Gasteiger partial charge in [0.15, 0.2) is 22.6 Å². The Morgan fingerprint density at radius 2 is 1.92 bits per heavy atom. The van der Waals surface area contributed by atoms with Crippen molar-refractivity contribution in [2.75, 3.05) is 11.9 Å². The van der Waals surface area contributed by atoms with Gasteiger partial charge in [0.2, 0.25) is 0 Å². The summed E-state index contributed by atoms with van der Waals surface area (Å²) >= 11 is 1.04. The molecule has 0 aliphatic heterocycles. The van der Waals surface area contributed by atoms with E-state index >= 15 is 0 Å². The molecule has 5 nitrogen and oxygen atoms in total. The summed E-state index contributed by atoms with van der Waals surface area (Å²) in [6.07, 6.45) is 0. The van der Waals surface area contributed by atoms with E-state index in [0.29, 0.717) is 21.8 Å². The number of aromatic nitrogens is 1. The molecule has 0 aliphatic carbocycles. The molecule has 3 aromatic rings. The molecular weight excluding hydrogens is 369 g/mol. The molecule has 0 aliphatic rings. The van der Waals surface area contributed by atoms with Gasteiger partial charge in [-0.1, -0.05) is 11.3 Å². The normalized spacial score (nSPS) is 10.8. The molecule has 0 unspecified atom stereocenters. The highest BCUT2D eigenvalue weighted by Gasteiger charge is 2.20. The van der Waals surface area contributed by atoms with E-state index in [1.54, 1.807) is 19.1 Å². The number of carbonyl (C=O) groups is 2. The first-order valence-electron chi connectivity index (χ1n) is 7.43. The largest absolute Gasteiger partial charge is 0.462 e. The van der Waals surface area contributed by atoms with Crippen molar-refractivity contribution in [2.24, 2.45) is 0 Å². The lowest BCUT2D eigenvalue weighted by Gasteiger charge is -2.04. The maximum absolute atomic E-state index is 13.7. The van der Waals surface area contributed by atoms with Gasteiger partial charge in [-0.3, -0.25) is 10.1 Å². The first-order chi connectivity index (χ1) is 12.4. The van der Waals surface area contributed by atoms with E-state index in [2.05, 4.69) is 10.3 Å². The van der Waals surface area contributed by atoms with E-state index in [1.165, 1.54) is 6.07 Å². The molecule has 0 saturated heterocycles. The van der Waals surface area contributed by atoms with Gasteiger partial charge in [0.25, 0.3) is 5.91 Å². The van der Waals surface area contributed by atoms with E-state index < -0.39 is 34.9 Å². The first-order valence-corrected chi connectivity index (χ1v) is 8.25. The van der Waals surface area contributed by atoms with E-state index in [0.717, 1.165) is 17.4 Å². The Balaban J connectivity index is 1.86. The predicted octanol–water partition coefficient (Wildman–Crippen LogP) is 4.14. The molecule has 2 aromatic carbocycles. The summed E-state index contributed by atoms with van der Waals surface area (Å²) in [4.78, 5) is 28.0. The van der Waals surface area contributed by atoms with Crippen LogP contribution in [0.5, 0.6) is 0 Å². The van der Waals surface area contributed by atoms with Gasteiger partial charge in [-0.2, -0.15) is 0 Å². The minimum Gasteiger partial charge on any atom is -0.462 e. The highest BCUT2D eigenvalue weighted by Crippen LogP contribution is 2.28. The lowest BCUT2D eigenvalue weighted by Crippen LogP contribution is -2.15. The zero-order valence-corrected chi connectivity index (χ0v) is 14.1. The molecule has 1 amide bonds. The number of nitrogens with zero attached hydrogens (tertiary/aromatic N) is 1. The Morgan fingerprint density at radius 3 is 2.65 bits per heavy atom. The van der Waals surface area contributed by atoms with Crippen LogP contribution in [-0.2, 0) is 4.74 Å². The maximum Gasteiger partial charge on any atom is 0.338 e. The molecule has 1 N–H and O–H groups in total. The monoisotopic (exact) mass is 380 g/mol. The number of ether oxygens (including phenoxy) is 1. The zero-order valence-electron chi connectivity index (χ0n) is 13.3. The fourth-order valence-corrected chi connectivity index (χ4v) is 3.09. The lowest BCUT2D eigenvalue weighted by atomic mass is 10.2. The Bertz CT molecular complexity index is 1020. The lowest BCUT2D eigenvalue weighted by molar-refractivity contribution is 0.0526. The second-order valence-electron chi connectivity index (χ2n) is 5.10. The van der Waals surface area contributed by atoms with Crippen LogP contribution in [0.1, 0.15) is 27.6 Å². The van der Waals surface area contributed by atoms with Gasteiger partial charge in [0.05, 0.1) is 28.0 Å². The number of fused-ring (bicyclic) bond motifs is 1. The Morgan fingerprint density at radius 1 is 1.15 bits per heavy atom. The number of rotatable bonds is 4. The maximum atomic E-state index is 13.7. The van der Waals surface area contributed by atoms with Gasteiger partial charge in [-0.05, 0) is 37.3 Å². The van der Waals surface area contributed by atoms with E-state index in [4.69, 9.17) is 4.74 Å². The molecule has 0 saturated carbocycles. The number of nitrogens with one attached hydrogen (secondary N) is 1. The second kappa shape index (κ2) is 7.12. The topological polar surface area (TPSA) is 68.3 Å². The van der Waals surface area contributed by atoms with Crippen molar-refractivity contribution in [3.05, 3.63) is 58.9 Å². The fraction of sp³-hybridized carbons (Fsp3) is 0.118. The van der Waals surface area contributed by atoms with Crippen LogP contribution < -0.4 is 5.32 Å². The van der Waals surface area contributed by atoms with Crippen molar-refractivity contribution < 1.29 is 27.5 Å². The third kappa shape index (κ3) is 3.38. The third-order valence-electron chi connectivity index (χ3n) is 3.40. The molecule has 0 atom stereocenters. The second-order valence-corrected chi connectivity index (χ2v) is 6.13. The predicted molar refractivity (Wildman–Crippen MR) is 89.8 cm³/mol. The summed E-state index contributed by atoms with van der Waals surface area (Å²) < 4.78 is 45.4. The molecule has 9 heteroatoms. The van der Waals surface area contributed by atoms with Crippen molar-refractivity contribution in [3.63, 3.8) is 0 Å². The van der Waals surface area contributed by atoms with Crippen LogP contribution in [0.15, 0.2) is 30.3 Å². The summed E-state index contributed by atoms with van der Waals surface area (Å²) in [6, 6.07) is 6.16. The van der Waals surface area contributed by atoms with E-state index in [1.807, 2.05) is 0 Å². The molecule has 0 radical (unpaired) electrons. The van der Waals surface area contributed by atoms with Crippen LogP contribution in [0.3, 0.4) is 0 Å². The number of benzene rings is 2. The molecule has 0 spiro atoms. The molecule has 26 heavy (non-hydrogen) atoms. The number of amides is 1. The average Bonchev–Trinajstić information content (AvgIpc) is 3.01. The number of carbonyl (C=O) groups excluding carboxylic acids is 2. The van der Waals surface area contributed by atoms with Gasteiger partial charge < -0.3 is 4.74 Å². The van der Waals surface area contributed by atoms with Crippen molar-refractivity contribution >= 4 is 38.6 Å². The van der Waals surface area contributed by atoms with Crippen LogP contribution in [0.2, 0.25) is 0 Å². The van der Waals surface area contributed by atoms with E-state index in [9.17, 15) is 22.8 Å². The van der Waals surface area contributed by atoms with Gasteiger partial charge in [-0.15, -0.1) is 0 Å². The highest BCUT2D eigenvalue weighted by molar-refractivity contribution is 7.22. The SMILES string of the molecule is CCOC(=O)c1ccc2nc(NC(=O)c3ccc(F)c(F)c3F)sc2c1. The first kappa shape index (κ1) is 17.9.